The molecule has 2 aromatic heterocycles. The van der Waals surface area contributed by atoms with Crippen LogP contribution >= 0.6 is 0 Å². The highest BCUT2D eigenvalue weighted by Crippen LogP contribution is 2.32. The summed E-state index contributed by atoms with van der Waals surface area (Å²) >= 11 is 0. The first kappa shape index (κ1) is 22.7. The number of hydrogen-bond donors (Lipinski definition) is 4. The fraction of sp³-hybridized carbons (Fsp3) is 0.667. The second-order valence-corrected chi connectivity index (χ2v) is 9.86. The number of carbonyl (C=O) groups is 1. The molecule has 166 valence electrons. The van der Waals surface area contributed by atoms with E-state index in [9.17, 15) is 20.1 Å². The molecule has 1 saturated heterocycles. The number of carboxylic acids is 1. The Morgan fingerprint density at radius 2 is 2.07 bits per heavy atom. The molecule has 3 heterocycles. The van der Waals surface area contributed by atoms with Crippen molar-refractivity contribution in [1.29, 1.82) is 0 Å². The molecule has 1 aliphatic rings. The lowest BCUT2D eigenvalue weighted by Crippen LogP contribution is -2.41. The Hall–Kier alpha value is -1.99. The summed E-state index contributed by atoms with van der Waals surface area (Å²) in [4.78, 5) is 22.9. The quantitative estimate of drug-likeness (QED) is 0.236. The van der Waals surface area contributed by atoms with Crippen LogP contribution in [-0.2, 0) is 20.4 Å². The van der Waals surface area contributed by atoms with Gasteiger partial charge in [-0.15, -0.1) is 0 Å². The first-order chi connectivity index (χ1) is 14.3. The molecule has 12 heteroatoms. The van der Waals surface area contributed by atoms with Gasteiger partial charge in [0.15, 0.2) is 17.7 Å². The number of nitrogens with two attached hydrogens (primary N) is 2. The molecule has 6 N–H and O–H groups in total. The van der Waals surface area contributed by atoms with Crippen molar-refractivity contribution in [2.45, 2.75) is 56.3 Å². The van der Waals surface area contributed by atoms with Gasteiger partial charge in [0.25, 0.3) is 0 Å². The number of fused-ring (bicyclic) bond motifs is 1. The number of hydrogen-bond acceptors (Lipinski definition) is 10. The first-order valence-electron chi connectivity index (χ1n) is 9.79. The highest BCUT2D eigenvalue weighted by Gasteiger charge is 2.46. The molecule has 0 saturated carbocycles. The maximum Gasteiger partial charge on any atom is 0.167 e. The molecule has 0 spiro atoms. The van der Waals surface area contributed by atoms with E-state index in [1.807, 2.05) is 0 Å². The molecular weight excluding hydrogens is 412 g/mol. The van der Waals surface area contributed by atoms with Crippen LogP contribution in [0, 0.1) is 0 Å². The topological polar surface area (TPSA) is 185 Å². The number of ether oxygens (including phenoxy) is 1. The first-order valence-corrected chi connectivity index (χ1v) is 11.8. The smallest absolute Gasteiger partial charge is 0.167 e. The van der Waals surface area contributed by atoms with Crippen LogP contribution in [0.2, 0.25) is 0 Å². The minimum atomic E-state index is -1.22. The number of anilines is 1. The summed E-state index contributed by atoms with van der Waals surface area (Å²) in [7, 11) is -0.0375. The molecule has 0 aliphatic carbocycles. The second kappa shape index (κ2) is 9.88. The summed E-state index contributed by atoms with van der Waals surface area (Å²) in [5.41, 5.74) is 12.1. The van der Waals surface area contributed by atoms with Gasteiger partial charge < -0.3 is 36.3 Å². The van der Waals surface area contributed by atoms with Gasteiger partial charge in [-0.05, 0) is 30.2 Å². The summed E-state index contributed by atoms with van der Waals surface area (Å²) in [5, 5.41) is 31.6. The van der Waals surface area contributed by atoms with Crippen molar-refractivity contribution in [3.63, 3.8) is 0 Å². The van der Waals surface area contributed by atoms with Crippen LogP contribution in [0.5, 0.6) is 0 Å². The number of nitrogen functional groups attached to an aromatic ring is 1. The van der Waals surface area contributed by atoms with E-state index in [1.54, 1.807) is 4.57 Å². The average molecular weight is 441 g/mol. The Balaban J connectivity index is 1.51. The van der Waals surface area contributed by atoms with E-state index in [0.29, 0.717) is 23.3 Å². The van der Waals surface area contributed by atoms with Crippen molar-refractivity contribution in [2.75, 3.05) is 23.5 Å². The van der Waals surface area contributed by atoms with E-state index in [-0.39, 0.29) is 16.7 Å². The van der Waals surface area contributed by atoms with Gasteiger partial charge in [0.05, 0.1) is 18.6 Å². The lowest BCUT2D eigenvalue weighted by atomic mass is 10.1. The van der Waals surface area contributed by atoms with E-state index in [2.05, 4.69) is 21.2 Å². The molecule has 0 bridgehead atoms. The fourth-order valence-corrected chi connectivity index (χ4v) is 5.22. The molecule has 30 heavy (non-hydrogen) atoms. The van der Waals surface area contributed by atoms with Crippen molar-refractivity contribution >= 4 is 33.8 Å². The van der Waals surface area contributed by atoms with Crippen molar-refractivity contribution in [3.8, 4) is 0 Å². The fourth-order valence-electron chi connectivity index (χ4n) is 3.52. The molecule has 3 rings (SSSR count). The van der Waals surface area contributed by atoms with Gasteiger partial charge >= 0.3 is 0 Å². The van der Waals surface area contributed by atoms with Gasteiger partial charge in [-0.1, -0.05) is 6.42 Å². The zero-order valence-electron chi connectivity index (χ0n) is 16.8. The number of unbranched alkanes of at least 4 members (excludes halogenated alkanes) is 2. The molecule has 6 atom stereocenters. The van der Waals surface area contributed by atoms with E-state index in [1.165, 1.54) is 12.7 Å². The van der Waals surface area contributed by atoms with Crippen LogP contribution in [0.1, 0.15) is 31.9 Å². The normalized spacial score (nSPS) is 26.1. The van der Waals surface area contributed by atoms with Gasteiger partial charge in [0.1, 0.15) is 41.7 Å². The number of aromatic nitrogens is 4. The van der Waals surface area contributed by atoms with Crippen LogP contribution in [0.15, 0.2) is 12.7 Å². The number of aliphatic carboxylic acids is 1. The maximum absolute atomic E-state index is 10.6. The van der Waals surface area contributed by atoms with E-state index >= 15 is 0 Å². The highest BCUT2D eigenvalue weighted by atomic mass is 32.2. The van der Waals surface area contributed by atoms with Crippen LogP contribution in [0.4, 0.5) is 5.82 Å². The Morgan fingerprint density at radius 1 is 1.30 bits per heavy atom. The number of carbonyl (C=O) groups excluding carboxylic acids is 1. The van der Waals surface area contributed by atoms with Crippen molar-refractivity contribution in [3.05, 3.63) is 12.7 Å². The highest BCUT2D eigenvalue weighted by molar-refractivity contribution is 7.96. The summed E-state index contributed by atoms with van der Waals surface area (Å²) in [6.07, 6.45) is 4.35. The van der Waals surface area contributed by atoms with Gasteiger partial charge in [-0.2, -0.15) is 0 Å². The lowest BCUT2D eigenvalue weighted by molar-refractivity contribution is -0.307. The van der Waals surface area contributed by atoms with Crippen LogP contribution in [0.3, 0.4) is 0 Å². The molecule has 0 radical (unpaired) electrons. The van der Waals surface area contributed by atoms with E-state index in [0.717, 1.165) is 25.0 Å². The van der Waals surface area contributed by atoms with Crippen LogP contribution < -0.4 is 16.6 Å². The van der Waals surface area contributed by atoms with Gasteiger partial charge in [-0.25, -0.2) is 15.0 Å². The van der Waals surface area contributed by atoms with E-state index in [4.69, 9.17) is 16.2 Å². The number of aliphatic hydroxyl groups is 2. The third-order valence-corrected chi connectivity index (χ3v) is 7.14. The van der Waals surface area contributed by atoms with Gasteiger partial charge in [0.2, 0.25) is 0 Å². The summed E-state index contributed by atoms with van der Waals surface area (Å²) in [5.74, 6) is 0.549. The summed E-state index contributed by atoms with van der Waals surface area (Å²) in [6, 6.07) is -0.912. The summed E-state index contributed by atoms with van der Waals surface area (Å²) < 4.78 is 7.54. The zero-order valence-corrected chi connectivity index (χ0v) is 17.6. The minimum absolute atomic E-state index is 0.0375. The maximum atomic E-state index is 10.6. The molecule has 2 unspecified atom stereocenters. The molecule has 1 fully saturated rings. The number of carboxylic acid groups (broad SMARTS) is 1. The molecule has 11 nitrogen and oxygen atoms in total. The molecule has 1 aliphatic heterocycles. The number of nitrogens with zero attached hydrogens (tertiary/aromatic N) is 4. The standard InChI is InChI=1S/C18H28N6O5S/c1-30(6-4-2-3-5-10(19)18(27)28)7-11-13(25)14(26)17(29-11)24-9-23-12-15(20)21-8-22-16(12)24/h8-11,13-14,17,25-26H,2-7,19H2,1H3,(H2-,20,21,22,27,28)/t10?,11-,13-,14-,17-,30?/m1/s1. The number of imidazole rings is 1. The number of rotatable bonds is 10. The molecule has 0 aromatic carbocycles. The Morgan fingerprint density at radius 3 is 2.80 bits per heavy atom. The third kappa shape index (κ3) is 5.01. The van der Waals surface area contributed by atoms with Crippen LogP contribution in [-0.4, -0.2) is 77.8 Å². The number of aliphatic hydroxyl groups excluding tert-OH is 2. The average Bonchev–Trinajstić information content (AvgIpc) is 3.25. The van der Waals surface area contributed by atoms with Crippen molar-refractivity contribution in [2.24, 2.45) is 5.73 Å². The minimum Gasteiger partial charge on any atom is -0.548 e. The largest absolute Gasteiger partial charge is 0.548 e. The Kier molecular flexibility index (Phi) is 7.47. The third-order valence-electron chi connectivity index (χ3n) is 5.26. The van der Waals surface area contributed by atoms with Gasteiger partial charge in [-0.3, -0.25) is 4.57 Å². The van der Waals surface area contributed by atoms with Crippen LogP contribution in [0.25, 0.3) is 11.2 Å². The Labute approximate surface area is 176 Å². The SMILES string of the molecule is C[S+](CCCCCC(N)C(=O)[O-])C[C@H]1O[C@@H](n2cnc3c(N)ncnc32)[C@H](O)[C@@H]1O. The molecular formula is C18H28N6O5S. The molecule has 0 amide bonds. The monoisotopic (exact) mass is 440 g/mol. The second-order valence-electron chi connectivity index (χ2n) is 7.56. The Bertz CT molecular complexity index is 867. The summed E-state index contributed by atoms with van der Waals surface area (Å²) in [6.45, 7) is 0. The zero-order chi connectivity index (χ0) is 21.8. The van der Waals surface area contributed by atoms with Gasteiger partial charge in [0, 0.05) is 6.04 Å². The van der Waals surface area contributed by atoms with Crippen molar-refractivity contribution < 1.29 is 24.9 Å². The lowest BCUT2D eigenvalue weighted by Gasteiger charge is -2.16. The van der Waals surface area contributed by atoms with Crippen molar-refractivity contribution in [1.82, 2.24) is 19.5 Å². The predicted molar refractivity (Wildman–Crippen MR) is 110 cm³/mol. The molecule has 2 aromatic rings. The predicted octanol–water partition coefficient (Wildman–Crippen LogP) is -2.09. The van der Waals surface area contributed by atoms with E-state index < -0.39 is 36.6 Å².